The van der Waals surface area contributed by atoms with Crippen molar-refractivity contribution in [3.8, 4) is 33.8 Å². The van der Waals surface area contributed by atoms with E-state index in [0.717, 1.165) is 9.96 Å². The summed E-state index contributed by atoms with van der Waals surface area (Å²) in [5.41, 5.74) is 2.45. The summed E-state index contributed by atoms with van der Waals surface area (Å²) in [5, 5.41) is 10.4. The van der Waals surface area contributed by atoms with Gasteiger partial charge in [0, 0.05) is 23.1 Å². The van der Waals surface area contributed by atoms with Crippen LogP contribution in [-0.2, 0) is 10.0 Å². The number of sulfonamides is 1. The second-order valence-corrected chi connectivity index (χ2v) is 11.4. The molecule has 0 aliphatic rings. The quantitative estimate of drug-likeness (QED) is 0.278. The van der Waals surface area contributed by atoms with E-state index in [2.05, 4.69) is 5.10 Å². The molecule has 0 atom stereocenters. The van der Waals surface area contributed by atoms with Crippen LogP contribution in [0.5, 0.6) is 5.75 Å². The van der Waals surface area contributed by atoms with Gasteiger partial charge in [-0.25, -0.2) is 22.9 Å². The molecule has 6 aromatic rings. The van der Waals surface area contributed by atoms with Crippen LogP contribution in [0.15, 0.2) is 88.6 Å². The maximum absolute atomic E-state index is 14.2. The number of primary sulfonamides is 1. The van der Waals surface area contributed by atoms with Crippen molar-refractivity contribution >= 4 is 44.2 Å². The molecule has 0 fully saturated rings. The summed E-state index contributed by atoms with van der Waals surface area (Å²) in [6, 6.07) is 21.6. The molecule has 0 amide bonds. The van der Waals surface area contributed by atoms with E-state index in [9.17, 15) is 18.0 Å². The monoisotopic (exact) mass is 600 g/mol. The third-order valence-corrected chi connectivity index (χ3v) is 7.87. The largest absolute Gasteiger partial charge is 0.497 e. The summed E-state index contributed by atoms with van der Waals surface area (Å²) < 4.78 is 31.2. The normalized spacial score (nSPS) is 11.7. The van der Waals surface area contributed by atoms with E-state index in [0.29, 0.717) is 33.3 Å². The minimum Gasteiger partial charge on any atom is -0.497 e. The number of halogens is 1. The molecule has 11 nitrogen and oxygen atoms in total. The topological polar surface area (TPSA) is 152 Å². The predicted octanol–water partition coefficient (Wildman–Crippen LogP) is 4.27. The molecular formula is C29H21ClN6O5S. The number of carbonyl (C=O) groups excluding carboxylic acids is 1. The Balaban J connectivity index is 1.69. The number of carbonyl (C=O) groups is 1. The van der Waals surface area contributed by atoms with Gasteiger partial charge in [0.25, 0.3) is 5.56 Å². The first kappa shape index (κ1) is 27.3. The molecule has 3 aromatic carbocycles. The molecule has 42 heavy (non-hydrogen) atoms. The van der Waals surface area contributed by atoms with E-state index >= 15 is 0 Å². The van der Waals surface area contributed by atoms with E-state index in [1.807, 2.05) is 24.3 Å². The summed E-state index contributed by atoms with van der Waals surface area (Å²) in [5.74, 6) is 0.0330. The van der Waals surface area contributed by atoms with Gasteiger partial charge >= 0.3 is 0 Å². The molecule has 0 unspecified atom stereocenters. The minimum absolute atomic E-state index is 0.0162. The smallest absolute Gasteiger partial charge is 0.271 e. The van der Waals surface area contributed by atoms with Crippen LogP contribution in [0.2, 0.25) is 5.02 Å². The average Bonchev–Trinajstić information content (AvgIpc) is 3.37. The Bertz CT molecular complexity index is 2190. The Morgan fingerprint density at radius 1 is 0.929 bits per heavy atom. The number of hydrogen-bond acceptors (Lipinski definition) is 8. The number of nitrogens with two attached hydrogens (primary N) is 1. The number of benzene rings is 3. The molecular weight excluding hydrogens is 580 g/mol. The highest BCUT2D eigenvalue weighted by Gasteiger charge is 2.23. The van der Waals surface area contributed by atoms with Gasteiger partial charge in [0.2, 0.25) is 21.6 Å². The zero-order valence-corrected chi connectivity index (χ0v) is 23.7. The van der Waals surface area contributed by atoms with E-state index < -0.39 is 21.4 Å². The van der Waals surface area contributed by atoms with Crippen LogP contribution < -0.4 is 15.4 Å². The number of hydrogen-bond donors (Lipinski definition) is 1. The van der Waals surface area contributed by atoms with Crippen molar-refractivity contribution in [2.45, 2.75) is 11.8 Å². The minimum atomic E-state index is -3.94. The highest BCUT2D eigenvalue weighted by molar-refractivity contribution is 7.89. The number of methoxy groups -OCH3 is 1. The van der Waals surface area contributed by atoms with Crippen LogP contribution in [0.3, 0.4) is 0 Å². The van der Waals surface area contributed by atoms with Gasteiger partial charge in [0.05, 0.1) is 28.8 Å². The molecule has 0 aliphatic heterocycles. The van der Waals surface area contributed by atoms with Gasteiger partial charge in [-0.1, -0.05) is 35.9 Å². The Morgan fingerprint density at radius 3 is 2.17 bits per heavy atom. The number of pyridine rings is 1. The summed E-state index contributed by atoms with van der Waals surface area (Å²) in [7, 11) is -2.38. The van der Waals surface area contributed by atoms with Crippen molar-refractivity contribution in [1.29, 1.82) is 0 Å². The van der Waals surface area contributed by atoms with E-state index in [-0.39, 0.29) is 27.5 Å². The van der Waals surface area contributed by atoms with Gasteiger partial charge in [0.15, 0.2) is 11.4 Å². The number of Topliss-reactive ketones (excluding diaryl/α,β-unsaturated/α-hetero) is 1. The van der Waals surface area contributed by atoms with Gasteiger partial charge in [-0.15, -0.1) is 5.10 Å². The highest BCUT2D eigenvalue weighted by atomic mass is 35.5. The molecule has 0 saturated heterocycles. The third-order valence-electron chi connectivity index (χ3n) is 6.68. The second kappa shape index (κ2) is 10.2. The fraction of sp³-hybridized carbons (Fsp3) is 0.0690. The number of nitrogens with zero attached hydrogens (tertiary/aromatic N) is 5. The second-order valence-electron chi connectivity index (χ2n) is 9.37. The molecule has 2 N–H and O–H groups in total. The lowest BCUT2D eigenvalue weighted by Crippen LogP contribution is -2.20. The van der Waals surface area contributed by atoms with Crippen molar-refractivity contribution in [3.05, 3.63) is 100 Å². The molecule has 3 heterocycles. The first-order chi connectivity index (χ1) is 20.0. The SMILES string of the molecule is COc1ccc(-c2cc(-c3ccc(Cl)cc3)nc3nc4n(-c5ccc(S(N)(=O)=O)cc5)nc(C(C)=O)n4c(=O)c23)cc1. The standard InChI is InChI=1S/C29H21ClN6O5S/c1-16(37)27-34-36(20-9-13-22(14-10-20)42(31,39)40)29-33-26-25(28(38)35(27)29)23(17-5-11-21(41-2)12-6-17)15-24(32-26)18-3-7-19(30)8-4-18/h3-15H,1-2H3,(H2,31,39,40). The Hall–Kier alpha value is -4.91. The first-order valence-corrected chi connectivity index (χ1v) is 14.4. The first-order valence-electron chi connectivity index (χ1n) is 12.5. The zero-order chi connectivity index (χ0) is 29.8. The number of rotatable bonds is 6. The number of ketones is 1. The molecule has 210 valence electrons. The zero-order valence-electron chi connectivity index (χ0n) is 22.1. The summed E-state index contributed by atoms with van der Waals surface area (Å²) in [6.07, 6.45) is 0. The lowest BCUT2D eigenvalue weighted by Gasteiger charge is -2.11. The Labute approximate surface area is 243 Å². The maximum atomic E-state index is 14.2. The highest BCUT2D eigenvalue weighted by Crippen LogP contribution is 2.32. The van der Waals surface area contributed by atoms with Crippen molar-refractivity contribution in [2.24, 2.45) is 5.14 Å². The van der Waals surface area contributed by atoms with Gasteiger partial charge in [-0.05, 0) is 60.2 Å². The Morgan fingerprint density at radius 2 is 1.57 bits per heavy atom. The molecule has 0 saturated carbocycles. The molecule has 0 aliphatic carbocycles. The van der Waals surface area contributed by atoms with Crippen molar-refractivity contribution in [1.82, 2.24) is 24.1 Å². The fourth-order valence-electron chi connectivity index (χ4n) is 4.63. The van der Waals surface area contributed by atoms with E-state index in [1.54, 1.807) is 37.4 Å². The predicted molar refractivity (Wildman–Crippen MR) is 158 cm³/mol. The van der Waals surface area contributed by atoms with Gasteiger partial charge < -0.3 is 4.74 Å². The molecule has 0 radical (unpaired) electrons. The molecule has 6 rings (SSSR count). The lowest BCUT2D eigenvalue weighted by atomic mass is 10.00. The van der Waals surface area contributed by atoms with Crippen LogP contribution in [0.1, 0.15) is 17.5 Å². The molecule has 13 heteroatoms. The maximum Gasteiger partial charge on any atom is 0.271 e. The lowest BCUT2D eigenvalue weighted by molar-refractivity contribution is 0.100. The van der Waals surface area contributed by atoms with Gasteiger partial charge in [0.1, 0.15) is 5.75 Å². The third kappa shape index (κ3) is 4.71. The molecule has 3 aromatic heterocycles. The van der Waals surface area contributed by atoms with Crippen LogP contribution >= 0.6 is 11.6 Å². The van der Waals surface area contributed by atoms with Gasteiger partial charge in [-0.3, -0.25) is 9.59 Å². The van der Waals surface area contributed by atoms with Gasteiger partial charge in [-0.2, -0.15) is 9.67 Å². The number of ether oxygens (including phenoxy) is 1. The molecule has 0 spiro atoms. The van der Waals surface area contributed by atoms with Crippen molar-refractivity contribution in [3.63, 3.8) is 0 Å². The van der Waals surface area contributed by atoms with Crippen molar-refractivity contribution < 1.29 is 17.9 Å². The van der Waals surface area contributed by atoms with Crippen LogP contribution in [0.25, 0.3) is 44.9 Å². The van der Waals surface area contributed by atoms with Crippen LogP contribution in [0.4, 0.5) is 0 Å². The summed E-state index contributed by atoms with van der Waals surface area (Å²) >= 11 is 6.11. The number of fused-ring (bicyclic) bond motifs is 2. The fourth-order valence-corrected chi connectivity index (χ4v) is 5.27. The van der Waals surface area contributed by atoms with E-state index in [4.69, 9.17) is 31.4 Å². The number of aromatic nitrogens is 5. The summed E-state index contributed by atoms with van der Waals surface area (Å²) in [6.45, 7) is 1.29. The average molecular weight is 601 g/mol. The molecule has 0 bridgehead atoms. The van der Waals surface area contributed by atoms with E-state index in [1.165, 1.54) is 35.9 Å². The van der Waals surface area contributed by atoms with Crippen molar-refractivity contribution in [2.75, 3.05) is 7.11 Å². The Kier molecular flexibility index (Phi) is 6.61. The summed E-state index contributed by atoms with van der Waals surface area (Å²) in [4.78, 5) is 36.2. The van der Waals surface area contributed by atoms with Crippen LogP contribution in [0, 0.1) is 0 Å². The van der Waals surface area contributed by atoms with Crippen LogP contribution in [-0.4, -0.2) is 45.5 Å².